The van der Waals surface area contributed by atoms with E-state index in [0.717, 1.165) is 16.8 Å². The van der Waals surface area contributed by atoms with Gasteiger partial charge in [0, 0.05) is 10.7 Å². The smallest absolute Gasteiger partial charge is 0.264 e. The molecule has 2 aromatic carbocycles. The number of anilines is 1. The fourth-order valence-electron chi connectivity index (χ4n) is 3.09. The van der Waals surface area contributed by atoms with E-state index in [-0.39, 0.29) is 18.0 Å². The molecule has 0 aliphatic heterocycles. The van der Waals surface area contributed by atoms with Gasteiger partial charge < -0.3 is 5.32 Å². The predicted octanol–water partition coefficient (Wildman–Crippen LogP) is 3.49. The Hall–Kier alpha value is -3.45. The van der Waals surface area contributed by atoms with Gasteiger partial charge in [-0.1, -0.05) is 23.7 Å². The highest BCUT2D eigenvalue weighted by Gasteiger charge is 2.14. The molecular formula is C21H18ClN5O2. The van der Waals surface area contributed by atoms with Gasteiger partial charge in [0.2, 0.25) is 5.91 Å². The Morgan fingerprint density at radius 2 is 1.90 bits per heavy atom. The highest BCUT2D eigenvalue weighted by Crippen LogP contribution is 2.20. The maximum atomic E-state index is 12.8. The van der Waals surface area contributed by atoms with Gasteiger partial charge in [0.25, 0.3) is 5.56 Å². The second-order valence-corrected chi connectivity index (χ2v) is 7.18. The van der Waals surface area contributed by atoms with Crippen LogP contribution in [0.5, 0.6) is 0 Å². The average molecular weight is 408 g/mol. The summed E-state index contributed by atoms with van der Waals surface area (Å²) in [5, 5.41) is 8.02. The molecule has 29 heavy (non-hydrogen) atoms. The lowest BCUT2D eigenvalue weighted by atomic mass is 10.1. The third-order valence-electron chi connectivity index (χ3n) is 4.80. The number of carbonyl (C=O) groups excluding carboxylic acids is 1. The number of halogens is 1. The molecule has 0 saturated carbocycles. The second kappa shape index (κ2) is 7.52. The minimum absolute atomic E-state index is 0.154. The van der Waals surface area contributed by atoms with E-state index in [1.165, 1.54) is 17.1 Å². The molecule has 146 valence electrons. The number of amides is 1. The van der Waals surface area contributed by atoms with Crippen LogP contribution in [0.25, 0.3) is 16.7 Å². The fourth-order valence-corrected chi connectivity index (χ4v) is 3.22. The van der Waals surface area contributed by atoms with Crippen LogP contribution >= 0.6 is 11.6 Å². The Morgan fingerprint density at radius 3 is 2.66 bits per heavy atom. The van der Waals surface area contributed by atoms with Crippen molar-refractivity contribution in [3.8, 4) is 5.69 Å². The van der Waals surface area contributed by atoms with Crippen LogP contribution in [0.15, 0.2) is 59.8 Å². The molecule has 0 unspecified atom stereocenters. The van der Waals surface area contributed by atoms with Crippen molar-refractivity contribution in [3.05, 3.63) is 81.5 Å². The molecule has 1 N–H and O–H groups in total. The lowest BCUT2D eigenvalue weighted by Crippen LogP contribution is -2.27. The van der Waals surface area contributed by atoms with Crippen molar-refractivity contribution < 1.29 is 4.79 Å². The van der Waals surface area contributed by atoms with Crippen LogP contribution in [0.1, 0.15) is 11.1 Å². The molecular weight excluding hydrogens is 390 g/mol. The summed E-state index contributed by atoms with van der Waals surface area (Å²) in [6, 6.07) is 12.6. The SMILES string of the molecule is Cc1cccc(-n2ncc3c(=O)n(CC(=O)Nc4ccc(Cl)cc4)cnc32)c1C. The first-order valence-electron chi connectivity index (χ1n) is 8.99. The van der Waals surface area contributed by atoms with E-state index in [0.29, 0.717) is 21.7 Å². The van der Waals surface area contributed by atoms with Gasteiger partial charge in [-0.25, -0.2) is 9.67 Å². The third kappa shape index (κ3) is 3.64. The van der Waals surface area contributed by atoms with Crippen molar-refractivity contribution in [2.75, 3.05) is 5.32 Å². The monoisotopic (exact) mass is 407 g/mol. The molecule has 4 aromatic rings. The number of nitrogens with zero attached hydrogens (tertiary/aromatic N) is 4. The Kier molecular flexibility index (Phi) is 4.90. The predicted molar refractivity (Wildman–Crippen MR) is 113 cm³/mol. The molecule has 0 bridgehead atoms. The number of nitrogens with one attached hydrogen (secondary N) is 1. The van der Waals surface area contributed by atoms with E-state index in [1.807, 2.05) is 32.0 Å². The van der Waals surface area contributed by atoms with Crippen molar-refractivity contribution in [2.45, 2.75) is 20.4 Å². The van der Waals surface area contributed by atoms with Crippen LogP contribution in [-0.4, -0.2) is 25.2 Å². The maximum Gasteiger partial charge on any atom is 0.264 e. The number of hydrogen-bond donors (Lipinski definition) is 1. The highest BCUT2D eigenvalue weighted by atomic mass is 35.5. The summed E-state index contributed by atoms with van der Waals surface area (Å²) in [6.45, 7) is 3.86. The number of hydrogen-bond acceptors (Lipinski definition) is 4. The molecule has 0 fully saturated rings. The lowest BCUT2D eigenvalue weighted by molar-refractivity contribution is -0.116. The highest BCUT2D eigenvalue weighted by molar-refractivity contribution is 6.30. The normalized spacial score (nSPS) is 11.0. The van der Waals surface area contributed by atoms with E-state index in [9.17, 15) is 9.59 Å². The molecule has 7 nitrogen and oxygen atoms in total. The van der Waals surface area contributed by atoms with Gasteiger partial charge in [-0.05, 0) is 55.3 Å². The molecule has 0 atom stereocenters. The minimum atomic E-state index is -0.336. The summed E-state index contributed by atoms with van der Waals surface area (Å²) in [5.41, 5.74) is 3.79. The first kappa shape index (κ1) is 18.9. The van der Waals surface area contributed by atoms with Crippen LogP contribution in [-0.2, 0) is 11.3 Å². The van der Waals surface area contributed by atoms with Gasteiger partial charge >= 0.3 is 0 Å². The molecule has 0 spiro atoms. The van der Waals surface area contributed by atoms with Crippen LogP contribution in [0, 0.1) is 13.8 Å². The quantitative estimate of drug-likeness (QED) is 0.561. The number of aryl methyl sites for hydroxylation is 1. The van der Waals surface area contributed by atoms with Crippen molar-refractivity contribution in [2.24, 2.45) is 0 Å². The van der Waals surface area contributed by atoms with E-state index >= 15 is 0 Å². The summed E-state index contributed by atoms with van der Waals surface area (Å²) in [6.07, 6.45) is 2.86. The van der Waals surface area contributed by atoms with Crippen LogP contribution in [0.3, 0.4) is 0 Å². The number of aromatic nitrogens is 4. The fraction of sp³-hybridized carbons (Fsp3) is 0.143. The van der Waals surface area contributed by atoms with E-state index in [4.69, 9.17) is 11.6 Å². The molecule has 4 rings (SSSR count). The van der Waals surface area contributed by atoms with Gasteiger partial charge in [-0.3, -0.25) is 14.2 Å². The summed E-state index contributed by atoms with van der Waals surface area (Å²) in [5.74, 6) is -0.336. The Balaban J connectivity index is 1.63. The first-order chi connectivity index (χ1) is 13.9. The average Bonchev–Trinajstić information content (AvgIpc) is 3.13. The van der Waals surface area contributed by atoms with Gasteiger partial charge in [0.15, 0.2) is 5.65 Å². The lowest BCUT2D eigenvalue weighted by Gasteiger charge is -2.10. The van der Waals surface area contributed by atoms with Crippen molar-refractivity contribution in [3.63, 3.8) is 0 Å². The summed E-state index contributed by atoms with van der Waals surface area (Å²) in [4.78, 5) is 29.5. The Labute approximate surface area is 171 Å². The van der Waals surface area contributed by atoms with Crippen molar-refractivity contribution in [1.29, 1.82) is 0 Å². The van der Waals surface area contributed by atoms with Crippen LogP contribution < -0.4 is 10.9 Å². The van der Waals surface area contributed by atoms with Crippen molar-refractivity contribution in [1.82, 2.24) is 19.3 Å². The standard InChI is InChI=1S/C21H18ClN5O2/c1-13-4-3-5-18(14(13)2)27-20-17(10-24-27)21(29)26(12-23-20)11-19(28)25-16-8-6-15(22)7-9-16/h3-10,12H,11H2,1-2H3,(H,25,28). The molecule has 0 saturated heterocycles. The van der Waals surface area contributed by atoms with Gasteiger partial charge in [0.05, 0.1) is 11.9 Å². The van der Waals surface area contributed by atoms with E-state index in [1.54, 1.807) is 28.9 Å². The van der Waals surface area contributed by atoms with Gasteiger partial charge in [-0.15, -0.1) is 0 Å². The number of carbonyl (C=O) groups is 1. The van der Waals surface area contributed by atoms with Crippen LogP contribution in [0.4, 0.5) is 5.69 Å². The second-order valence-electron chi connectivity index (χ2n) is 6.75. The molecule has 2 aromatic heterocycles. The molecule has 0 aliphatic rings. The van der Waals surface area contributed by atoms with E-state index in [2.05, 4.69) is 15.4 Å². The van der Waals surface area contributed by atoms with Crippen molar-refractivity contribution >= 4 is 34.2 Å². The zero-order valence-electron chi connectivity index (χ0n) is 15.9. The topological polar surface area (TPSA) is 81.8 Å². The summed E-state index contributed by atoms with van der Waals surface area (Å²) >= 11 is 5.84. The first-order valence-corrected chi connectivity index (χ1v) is 9.37. The molecule has 1 amide bonds. The molecule has 2 heterocycles. The van der Waals surface area contributed by atoms with Crippen LogP contribution in [0.2, 0.25) is 5.02 Å². The Morgan fingerprint density at radius 1 is 1.14 bits per heavy atom. The largest absolute Gasteiger partial charge is 0.325 e. The maximum absolute atomic E-state index is 12.8. The molecule has 0 aliphatic carbocycles. The molecule has 0 radical (unpaired) electrons. The Bertz CT molecular complexity index is 1270. The zero-order valence-corrected chi connectivity index (χ0v) is 16.6. The number of fused-ring (bicyclic) bond motifs is 1. The zero-order chi connectivity index (χ0) is 20.5. The third-order valence-corrected chi connectivity index (χ3v) is 5.05. The number of rotatable bonds is 4. The van der Waals surface area contributed by atoms with E-state index < -0.39 is 0 Å². The summed E-state index contributed by atoms with van der Waals surface area (Å²) < 4.78 is 2.92. The van der Waals surface area contributed by atoms with Gasteiger partial charge in [0.1, 0.15) is 18.3 Å². The summed E-state index contributed by atoms with van der Waals surface area (Å²) in [7, 11) is 0. The van der Waals surface area contributed by atoms with Gasteiger partial charge in [-0.2, -0.15) is 5.10 Å². The minimum Gasteiger partial charge on any atom is -0.325 e. The number of benzene rings is 2. The molecule has 8 heteroatoms.